The Morgan fingerprint density at radius 3 is 2.65 bits per heavy atom. The average molecular weight is 358 g/mol. The zero-order chi connectivity index (χ0) is 18.8. The zero-order valence-electron chi connectivity index (χ0n) is 14.6. The lowest BCUT2D eigenvalue weighted by atomic mass is 10.3. The molecule has 0 aromatic carbocycles. The Balaban J connectivity index is 1.80. The van der Waals surface area contributed by atoms with Gasteiger partial charge in [0, 0.05) is 32.9 Å². The highest BCUT2D eigenvalue weighted by Crippen LogP contribution is 2.06. The number of methoxy groups -OCH3 is 1. The summed E-state index contributed by atoms with van der Waals surface area (Å²) >= 11 is 0. The lowest BCUT2D eigenvalue weighted by Crippen LogP contribution is -2.43. The van der Waals surface area contributed by atoms with E-state index in [0.29, 0.717) is 5.88 Å². The first-order valence-electron chi connectivity index (χ1n) is 7.79. The molecule has 0 unspecified atom stereocenters. The topological polar surface area (TPSA) is 113 Å². The molecule has 3 aromatic heterocycles. The van der Waals surface area contributed by atoms with E-state index >= 15 is 0 Å². The number of fused-ring (bicyclic) bond motifs is 1. The lowest BCUT2D eigenvalue weighted by molar-refractivity contribution is -0.121. The van der Waals surface area contributed by atoms with Crippen LogP contribution >= 0.6 is 0 Å². The minimum atomic E-state index is -0.595. The molecule has 0 saturated carbocycles. The molecule has 0 bridgehead atoms. The zero-order valence-corrected chi connectivity index (χ0v) is 14.6. The van der Waals surface area contributed by atoms with Gasteiger partial charge in [0.2, 0.25) is 11.8 Å². The molecule has 0 saturated heterocycles. The Morgan fingerprint density at radius 2 is 2.00 bits per heavy atom. The van der Waals surface area contributed by atoms with Gasteiger partial charge in [0.25, 0.3) is 5.56 Å². The van der Waals surface area contributed by atoms with E-state index in [1.165, 1.54) is 29.6 Å². The number of pyridine rings is 1. The maximum absolute atomic E-state index is 12.5. The van der Waals surface area contributed by atoms with Crippen molar-refractivity contribution in [2.45, 2.75) is 13.1 Å². The molecule has 10 nitrogen and oxygen atoms in total. The van der Waals surface area contributed by atoms with Crippen LogP contribution in [0.15, 0.2) is 34.2 Å². The summed E-state index contributed by atoms with van der Waals surface area (Å²) in [4.78, 5) is 45.2. The second kappa shape index (κ2) is 6.82. The monoisotopic (exact) mass is 358 g/mol. The summed E-state index contributed by atoms with van der Waals surface area (Å²) in [5.41, 5.74) is 0.163. The molecule has 3 aromatic rings. The van der Waals surface area contributed by atoms with E-state index in [2.05, 4.69) is 15.3 Å². The van der Waals surface area contributed by atoms with Crippen molar-refractivity contribution in [2.75, 3.05) is 7.11 Å². The van der Waals surface area contributed by atoms with E-state index in [0.717, 1.165) is 10.1 Å². The van der Waals surface area contributed by atoms with Crippen LogP contribution in [-0.4, -0.2) is 36.7 Å². The molecule has 3 rings (SSSR count). The van der Waals surface area contributed by atoms with Crippen LogP contribution in [0.3, 0.4) is 0 Å². The molecule has 1 N–H and O–H groups in total. The third-order valence-corrected chi connectivity index (χ3v) is 4.00. The highest BCUT2D eigenvalue weighted by molar-refractivity contribution is 5.76. The van der Waals surface area contributed by atoms with Crippen molar-refractivity contribution in [1.29, 1.82) is 0 Å². The fourth-order valence-corrected chi connectivity index (χ4v) is 2.57. The number of carbonyl (C=O) groups is 1. The van der Waals surface area contributed by atoms with Crippen molar-refractivity contribution in [3.63, 3.8) is 0 Å². The molecule has 0 aliphatic carbocycles. The van der Waals surface area contributed by atoms with Crippen LogP contribution in [0.5, 0.6) is 5.88 Å². The highest BCUT2D eigenvalue weighted by atomic mass is 16.5. The quantitative estimate of drug-likeness (QED) is 0.636. The molecule has 0 aliphatic heterocycles. The van der Waals surface area contributed by atoms with Crippen molar-refractivity contribution < 1.29 is 9.53 Å². The molecule has 0 spiro atoms. The standard InChI is InChI=1S/C16H18N6O4/c1-20-9-19-14-13(20)15(24)22(16(25)21(14)2)8-11(23)17-6-10-4-5-12(26-3)18-7-10/h4-5,7,9H,6,8H2,1-3H3,(H,17,23). The van der Waals surface area contributed by atoms with Gasteiger partial charge >= 0.3 is 5.69 Å². The molecule has 0 atom stereocenters. The predicted molar refractivity (Wildman–Crippen MR) is 92.9 cm³/mol. The van der Waals surface area contributed by atoms with Gasteiger partial charge in [0.1, 0.15) is 6.54 Å². The van der Waals surface area contributed by atoms with Gasteiger partial charge in [-0.1, -0.05) is 6.07 Å². The van der Waals surface area contributed by atoms with Gasteiger partial charge in [0.15, 0.2) is 11.2 Å². The molecular weight excluding hydrogens is 340 g/mol. The summed E-state index contributed by atoms with van der Waals surface area (Å²) in [7, 11) is 4.68. The van der Waals surface area contributed by atoms with Crippen molar-refractivity contribution in [3.8, 4) is 5.88 Å². The van der Waals surface area contributed by atoms with Crippen molar-refractivity contribution >= 4 is 17.1 Å². The van der Waals surface area contributed by atoms with Gasteiger partial charge in [-0.05, 0) is 5.56 Å². The van der Waals surface area contributed by atoms with Crippen LogP contribution in [0.25, 0.3) is 11.2 Å². The smallest absolute Gasteiger partial charge is 0.332 e. The summed E-state index contributed by atoms with van der Waals surface area (Å²) in [6, 6.07) is 3.44. The molecule has 3 heterocycles. The van der Waals surface area contributed by atoms with Crippen molar-refractivity contribution in [3.05, 3.63) is 51.1 Å². The first-order chi connectivity index (χ1) is 12.4. The van der Waals surface area contributed by atoms with Crippen LogP contribution in [0.4, 0.5) is 0 Å². The number of carbonyl (C=O) groups excluding carboxylic acids is 1. The largest absolute Gasteiger partial charge is 0.481 e. The van der Waals surface area contributed by atoms with Crippen molar-refractivity contribution in [2.24, 2.45) is 14.1 Å². The fraction of sp³-hybridized carbons (Fsp3) is 0.312. The van der Waals surface area contributed by atoms with Gasteiger partial charge in [-0.2, -0.15) is 0 Å². The number of hydrogen-bond donors (Lipinski definition) is 1. The Morgan fingerprint density at radius 1 is 1.23 bits per heavy atom. The van der Waals surface area contributed by atoms with Crippen LogP contribution in [-0.2, 0) is 32.0 Å². The molecule has 0 radical (unpaired) electrons. The SMILES string of the molecule is COc1ccc(CNC(=O)Cn2c(=O)c3c(ncn3C)n(C)c2=O)cn1. The molecule has 26 heavy (non-hydrogen) atoms. The summed E-state index contributed by atoms with van der Waals surface area (Å²) in [6.45, 7) is -0.158. The number of nitrogens with zero attached hydrogens (tertiary/aromatic N) is 5. The van der Waals surface area contributed by atoms with Gasteiger partial charge in [-0.3, -0.25) is 14.2 Å². The third kappa shape index (κ3) is 3.08. The second-order valence-corrected chi connectivity index (χ2v) is 5.75. The van der Waals surface area contributed by atoms with Crippen molar-refractivity contribution in [1.82, 2.24) is 29.0 Å². The third-order valence-electron chi connectivity index (χ3n) is 4.00. The summed E-state index contributed by atoms with van der Waals surface area (Å²) < 4.78 is 8.63. The Hall–Kier alpha value is -3.43. The van der Waals surface area contributed by atoms with Gasteiger partial charge in [-0.25, -0.2) is 19.3 Å². The summed E-state index contributed by atoms with van der Waals surface area (Å²) in [6.07, 6.45) is 3.03. The molecule has 0 fully saturated rings. The number of ether oxygens (including phenoxy) is 1. The van der Waals surface area contributed by atoms with Gasteiger partial charge in [-0.15, -0.1) is 0 Å². The van der Waals surface area contributed by atoms with E-state index in [9.17, 15) is 14.4 Å². The minimum Gasteiger partial charge on any atom is -0.481 e. The molecule has 1 amide bonds. The number of nitrogens with one attached hydrogen (secondary N) is 1. The van der Waals surface area contributed by atoms with Crippen LogP contribution in [0.1, 0.15) is 5.56 Å². The summed E-state index contributed by atoms with van der Waals surface area (Å²) in [5, 5.41) is 2.67. The van der Waals surface area contributed by atoms with Gasteiger partial charge in [0.05, 0.1) is 13.4 Å². The Bertz CT molecular complexity index is 1080. The van der Waals surface area contributed by atoms with Crippen LogP contribution < -0.4 is 21.3 Å². The Labute approximate surface area is 147 Å². The number of aromatic nitrogens is 5. The first kappa shape index (κ1) is 17.4. The molecular formula is C16H18N6O4. The van der Waals surface area contributed by atoms with Crippen LogP contribution in [0.2, 0.25) is 0 Å². The molecule has 10 heteroatoms. The fourth-order valence-electron chi connectivity index (χ4n) is 2.57. The average Bonchev–Trinajstić information content (AvgIpc) is 3.04. The number of amides is 1. The minimum absolute atomic E-state index is 0.221. The van der Waals surface area contributed by atoms with E-state index in [1.807, 2.05) is 0 Å². The number of aryl methyl sites for hydroxylation is 2. The molecule has 136 valence electrons. The number of rotatable bonds is 5. The van der Waals surface area contributed by atoms with Gasteiger partial charge < -0.3 is 14.6 Å². The maximum Gasteiger partial charge on any atom is 0.332 e. The Kier molecular flexibility index (Phi) is 4.57. The first-order valence-corrected chi connectivity index (χ1v) is 7.79. The van der Waals surface area contributed by atoms with E-state index in [1.54, 1.807) is 25.4 Å². The van der Waals surface area contributed by atoms with E-state index < -0.39 is 17.2 Å². The maximum atomic E-state index is 12.5. The normalized spacial score (nSPS) is 10.9. The second-order valence-electron chi connectivity index (χ2n) is 5.75. The molecule has 0 aliphatic rings. The number of imidazole rings is 1. The van der Waals surface area contributed by atoms with E-state index in [-0.39, 0.29) is 24.3 Å². The van der Waals surface area contributed by atoms with E-state index in [4.69, 9.17) is 4.74 Å². The predicted octanol–water partition coefficient (Wildman–Crippen LogP) is -0.846. The summed E-state index contributed by atoms with van der Waals surface area (Å²) in [5.74, 6) is 0.0149. The van der Waals surface area contributed by atoms with Crippen LogP contribution in [0, 0.1) is 0 Å². The number of hydrogen-bond acceptors (Lipinski definition) is 6. The highest BCUT2D eigenvalue weighted by Gasteiger charge is 2.16. The lowest BCUT2D eigenvalue weighted by Gasteiger charge is -2.09.